The molecule has 0 bridgehead atoms. The molecule has 0 heterocycles. The minimum absolute atomic E-state index is 0.110. The molecule has 0 aliphatic heterocycles. The molecule has 0 aliphatic carbocycles. The lowest BCUT2D eigenvalue weighted by Gasteiger charge is -2.13. The molecular weight excluding hydrogens is 438 g/mol. The Kier molecular flexibility index (Phi) is 11.2. The number of hydrogen-bond donors (Lipinski definition) is 2. The highest BCUT2D eigenvalue weighted by molar-refractivity contribution is 7.92. The number of rotatable bonds is 16. The van der Waals surface area contributed by atoms with Crippen molar-refractivity contribution in [2.75, 3.05) is 17.1 Å². The molecule has 6 nitrogen and oxygen atoms in total. The predicted octanol–water partition coefficient (Wildman–Crippen LogP) is 5.60. The molecule has 0 aromatic heterocycles. The SMILES string of the molecule is CCCCOc1cc(CCC(=O)O)ccc1CCCc1ccc(NS(=O)(=O)CCCC)cc1. The summed E-state index contributed by atoms with van der Waals surface area (Å²) in [5.74, 6) is 0.193. The van der Waals surface area contributed by atoms with Gasteiger partial charge < -0.3 is 9.84 Å². The van der Waals surface area contributed by atoms with Crippen LogP contribution in [0.15, 0.2) is 42.5 Å². The van der Waals surface area contributed by atoms with Crippen molar-refractivity contribution >= 4 is 21.7 Å². The maximum absolute atomic E-state index is 12.0. The van der Waals surface area contributed by atoms with Crippen LogP contribution in [0.2, 0.25) is 0 Å². The van der Waals surface area contributed by atoms with E-state index in [4.69, 9.17) is 9.84 Å². The van der Waals surface area contributed by atoms with Crippen molar-refractivity contribution in [2.45, 2.75) is 71.6 Å². The Morgan fingerprint density at radius 1 is 0.909 bits per heavy atom. The van der Waals surface area contributed by atoms with Gasteiger partial charge in [-0.05, 0) is 73.4 Å². The molecule has 2 aromatic carbocycles. The largest absolute Gasteiger partial charge is 0.493 e. The molecule has 2 rings (SSSR count). The fourth-order valence-corrected chi connectivity index (χ4v) is 4.73. The number of sulfonamides is 1. The maximum atomic E-state index is 12.0. The van der Waals surface area contributed by atoms with E-state index in [1.54, 1.807) is 0 Å². The van der Waals surface area contributed by atoms with E-state index < -0.39 is 16.0 Å². The van der Waals surface area contributed by atoms with Crippen LogP contribution in [0, 0.1) is 0 Å². The molecule has 0 atom stereocenters. The summed E-state index contributed by atoms with van der Waals surface area (Å²) in [6.07, 6.45) is 6.79. The van der Waals surface area contributed by atoms with Gasteiger partial charge in [0.15, 0.2) is 0 Å². The number of hydrogen-bond acceptors (Lipinski definition) is 4. The number of carboxylic acids is 1. The van der Waals surface area contributed by atoms with Gasteiger partial charge in [0.25, 0.3) is 0 Å². The van der Waals surface area contributed by atoms with Gasteiger partial charge in [-0.2, -0.15) is 0 Å². The van der Waals surface area contributed by atoms with E-state index in [2.05, 4.69) is 11.6 Å². The van der Waals surface area contributed by atoms with Gasteiger partial charge in [-0.3, -0.25) is 9.52 Å². The molecule has 182 valence electrons. The Morgan fingerprint density at radius 2 is 1.61 bits per heavy atom. The fraction of sp³-hybridized carbons (Fsp3) is 0.500. The molecule has 0 saturated heterocycles. The number of aryl methyl sites for hydroxylation is 3. The number of aliphatic carboxylic acids is 1. The van der Waals surface area contributed by atoms with Gasteiger partial charge >= 0.3 is 5.97 Å². The summed E-state index contributed by atoms with van der Waals surface area (Å²) in [5.41, 5.74) is 3.85. The van der Waals surface area contributed by atoms with Crippen molar-refractivity contribution in [2.24, 2.45) is 0 Å². The first-order chi connectivity index (χ1) is 15.8. The van der Waals surface area contributed by atoms with E-state index in [-0.39, 0.29) is 12.2 Å². The van der Waals surface area contributed by atoms with Gasteiger partial charge in [0, 0.05) is 12.1 Å². The summed E-state index contributed by atoms with van der Waals surface area (Å²) in [6, 6.07) is 13.6. The lowest BCUT2D eigenvalue weighted by Crippen LogP contribution is -2.16. The zero-order chi connectivity index (χ0) is 24.1. The van der Waals surface area contributed by atoms with Crippen LogP contribution in [0.1, 0.15) is 69.1 Å². The zero-order valence-corrected chi connectivity index (χ0v) is 20.6. The second-order valence-corrected chi connectivity index (χ2v) is 10.2. The zero-order valence-electron chi connectivity index (χ0n) is 19.8. The highest BCUT2D eigenvalue weighted by Crippen LogP contribution is 2.24. The molecule has 0 spiro atoms. The predicted molar refractivity (Wildman–Crippen MR) is 134 cm³/mol. The summed E-state index contributed by atoms with van der Waals surface area (Å²) in [5, 5.41) is 8.94. The second-order valence-electron chi connectivity index (χ2n) is 8.36. The number of nitrogens with one attached hydrogen (secondary N) is 1. The van der Waals surface area contributed by atoms with Crippen molar-refractivity contribution in [3.8, 4) is 5.75 Å². The molecular formula is C26H37NO5S. The second kappa shape index (κ2) is 13.9. The standard InChI is InChI=1S/C26H37NO5S/c1-3-5-18-32-25-20-22(13-17-26(28)29)10-14-23(25)9-7-8-21-11-15-24(16-12-21)27-33(30,31)19-6-4-2/h10-12,14-16,20,27H,3-9,13,17-19H2,1-2H3,(H,28,29). The molecule has 0 aliphatic rings. The van der Waals surface area contributed by atoms with Crippen molar-refractivity contribution in [1.29, 1.82) is 0 Å². The highest BCUT2D eigenvalue weighted by Gasteiger charge is 2.10. The highest BCUT2D eigenvalue weighted by atomic mass is 32.2. The van der Waals surface area contributed by atoms with Gasteiger partial charge in [0.05, 0.1) is 12.4 Å². The van der Waals surface area contributed by atoms with Crippen LogP contribution < -0.4 is 9.46 Å². The van der Waals surface area contributed by atoms with E-state index >= 15 is 0 Å². The average molecular weight is 476 g/mol. The molecule has 2 N–H and O–H groups in total. The Morgan fingerprint density at radius 3 is 2.27 bits per heavy atom. The molecule has 33 heavy (non-hydrogen) atoms. The van der Waals surface area contributed by atoms with E-state index in [0.717, 1.165) is 61.0 Å². The van der Waals surface area contributed by atoms with Crippen LogP contribution in [0.5, 0.6) is 5.75 Å². The summed E-state index contributed by atoms with van der Waals surface area (Å²) in [4.78, 5) is 10.9. The fourth-order valence-electron chi connectivity index (χ4n) is 3.46. The average Bonchev–Trinajstić information content (AvgIpc) is 2.78. The van der Waals surface area contributed by atoms with Crippen molar-refractivity contribution in [3.05, 3.63) is 59.2 Å². The number of ether oxygens (including phenoxy) is 1. The van der Waals surface area contributed by atoms with Crippen LogP contribution in [0.3, 0.4) is 0 Å². The Bertz CT molecular complexity index is 971. The summed E-state index contributed by atoms with van der Waals surface area (Å²) in [7, 11) is -3.29. The summed E-state index contributed by atoms with van der Waals surface area (Å²) in [6.45, 7) is 4.74. The van der Waals surface area contributed by atoms with Crippen LogP contribution in [-0.4, -0.2) is 31.9 Å². The summed E-state index contributed by atoms with van der Waals surface area (Å²) >= 11 is 0. The lowest BCUT2D eigenvalue weighted by atomic mass is 10.0. The first-order valence-corrected chi connectivity index (χ1v) is 13.5. The number of carboxylic acid groups (broad SMARTS) is 1. The lowest BCUT2D eigenvalue weighted by molar-refractivity contribution is -0.136. The third-order valence-corrected chi connectivity index (χ3v) is 6.79. The minimum Gasteiger partial charge on any atom is -0.493 e. The quantitative estimate of drug-likeness (QED) is 0.308. The van der Waals surface area contributed by atoms with Crippen LogP contribution in [0.4, 0.5) is 5.69 Å². The normalized spacial score (nSPS) is 11.3. The molecule has 0 amide bonds. The number of unbranched alkanes of at least 4 members (excludes halogenated alkanes) is 2. The van der Waals surface area contributed by atoms with Crippen LogP contribution in [0.25, 0.3) is 0 Å². The van der Waals surface area contributed by atoms with E-state index in [9.17, 15) is 13.2 Å². The molecule has 0 saturated carbocycles. The Hall–Kier alpha value is -2.54. The maximum Gasteiger partial charge on any atom is 0.303 e. The van der Waals surface area contributed by atoms with E-state index in [1.165, 1.54) is 0 Å². The number of anilines is 1. The first kappa shape index (κ1) is 26.7. The number of carbonyl (C=O) groups is 1. The smallest absolute Gasteiger partial charge is 0.303 e. The third-order valence-electron chi connectivity index (χ3n) is 5.42. The van der Waals surface area contributed by atoms with E-state index in [1.807, 2.05) is 49.4 Å². The topological polar surface area (TPSA) is 92.7 Å². The van der Waals surface area contributed by atoms with E-state index in [0.29, 0.717) is 25.1 Å². The van der Waals surface area contributed by atoms with Gasteiger partial charge in [0.2, 0.25) is 10.0 Å². The van der Waals surface area contributed by atoms with Crippen molar-refractivity contribution in [3.63, 3.8) is 0 Å². The van der Waals surface area contributed by atoms with Gasteiger partial charge in [-0.25, -0.2) is 8.42 Å². The minimum atomic E-state index is -3.29. The molecule has 2 aromatic rings. The molecule has 0 fully saturated rings. The summed E-state index contributed by atoms with van der Waals surface area (Å²) < 4.78 is 32.7. The molecule has 7 heteroatoms. The van der Waals surface area contributed by atoms with Gasteiger partial charge in [0.1, 0.15) is 5.75 Å². The van der Waals surface area contributed by atoms with Gasteiger partial charge in [-0.1, -0.05) is 51.0 Å². The molecule has 0 unspecified atom stereocenters. The monoisotopic (exact) mass is 475 g/mol. The van der Waals surface area contributed by atoms with Crippen LogP contribution in [-0.2, 0) is 34.1 Å². The number of benzene rings is 2. The van der Waals surface area contributed by atoms with Crippen molar-refractivity contribution in [1.82, 2.24) is 0 Å². The van der Waals surface area contributed by atoms with Crippen molar-refractivity contribution < 1.29 is 23.1 Å². The first-order valence-electron chi connectivity index (χ1n) is 11.9. The Labute approximate surface area is 198 Å². The third kappa shape index (κ3) is 10.3. The molecule has 0 radical (unpaired) electrons. The Balaban J connectivity index is 1.94. The van der Waals surface area contributed by atoms with Gasteiger partial charge in [-0.15, -0.1) is 0 Å². The van der Waals surface area contributed by atoms with Crippen LogP contribution >= 0.6 is 0 Å².